The van der Waals surface area contributed by atoms with E-state index in [4.69, 9.17) is 9.47 Å². The molecule has 9 nitrogen and oxygen atoms in total. The van der Waals surface area contributed by atoms with Crippen molar-refractivity contribution in [2.75, 3.05) is 14.2 Å². The minimum atomic E-state index is -1.03. The number of nitro groups is 1. The average molecular weight is 435 g/mol. The molecule has 0 aliphatic rings. The van der Waals surface area contributed by atoms with Crippen molar-refractivity contribution < 1.29 is 24.0 Å². The van der Waals surface area contributed by atoms with Gasteiger partial charge >= 0.3 is 0 Å². The summed E-state index contributed by atoms with van der Waals surface area (Å²) in [6.07, 6.45) is -1.03. The molecule has 0 unspecified atom stereocenters. The molecule has 0 heterocycles. The van der Waals surface area contributed by atoms with Crippen molar-refractivity contribution in [1.29, 1.82) is 0 Å². The number of nitro benzene ring substituents is 1. The summed E-state index contributed by atoms with van der Waals surface area (Å²) in [5, 5.41) is 16.6. The third-order valence-corrected chi connectivity index (χ3v) is 4.63. The molecule has 3 aromatic rings. The summed E-state index contributed by atoms with van der Waals surface area (Å²) >= 11 is 0. The smallest absolute Gasteiger partial charge is 0.269 e. The van der Waals surface area contributed by atoms with Crippen LogP contribution >= 0.6 is 0 Å². The molecular weight excluding hydrogens is 414 g/mol. The zero-order valence-corrected chi connectivity index (χ0v) is 17.4. The molecule has 0 saturated carbocycles. The number of ether oxygens (including phenoxy) is 2. The molecule has 2 amide bonds. The van der Waals surface area contributed by atoms with Gasteiger partial charge in [-0.2, -0.15) is 0 Å². The third kappa shape index (κ3) is 5.39. The van der Waals surface area contributed by atoms with Gasteiger partial charge in [0.05, 0.1) is 19.1 Å². The Morgan fingerprint density at radius 3 is 1.78 bits per heavy atom. The van der Waals surface area contributed by atoms with Crippen LogP contribution in [-0.4, -0.2) is 31.0 Å². The van der Waals surface area contributed by atoms with E-state index in [0.29, 0.717) is 28.2 Å². The van der Waals surface area contributed by atoms with E-state index >= 15 is 0 Å². The van der Waals surface area contributed by atoms with Gasteiger partial charge in [0.25, 0.3) is 17.5 Å². The van der Waals surface area contributed by atoms with Gasteiger partial charge in [-0.15, -0.1) is 0 Å². The van der Waals surface area contributed by atoms with Crippen LogP contribution in [0.1, 0.15) is 32.4 Å². The molecule has 0 aromatic heterocycles. The second kappa shape index (κ2) is 10.1. The number of amides is 2. The lowest BCUT2D eigenvalue weighted by molar-refractivity contribution is -0.384. The van der Waals surface area contributed by atoms with Gasteiger partial charge in [0.2, 0.25) is 0 Å². The molecule has 0 aliphatic carbocycles. The molecule has 9 heteroatoms. The fourth-order valence-corrected chi connectivity index (χ4v) is 2.98. The molecule has 0 bridgehead atoms. The second-order valence-electron chi connectivity index (χ2n) is 6.70. The molecular formula is C23H21N3O6. The van der Waals surface area contributed by atoms with Gasteiger partial charge in [0, 0.05) is 28.8 Å². The van der Waals surface area contributed by atoms with Gasteiger partial charge in [0.1, 0.15) is 17.7 Å². The highest BCUT2D eigenvalue weighted by molar-refractivity contribution is 5.97. The molecule has 2 N–H and O–H groups in total. The van der Waals surface area contributed by atoms with Crippen LogP contribution in [0.2, 0.25) is 0 Å². The summed E-state index contributed by atoms with van der Waals surface area (Å²) in [5.74, 6) is -0.00683. The molecule has 164 valence electrons. The highest BCUT2D eigenvalue weighted by atomic mass is 16.6. The topological polar surface area (TPSA) is 120 Å². The predicted molar refractivity (Wildman–Crippen MR) is 117 cm³/mol. The molecule has 3 aromatic carbocycles. The van der Waals surface area contributed by atoms with Gasteiger partial charge in [0.15, 0.2) is 0 Å². The first kappa shape index (κ1) is 22.3. The lowest BCUT2D eigenvalue weighted by Crippen LogP contribution is -2.41. The molecule has 0 atom stereocenters. The van der Waals surface area contributed by atoms with Crippen LogP contribution in [-0.2, 0) is 0 Å². The van der Waals surface area contributed by atoms with Gasteiger partial charge < -0.3 is 20.1 Å². The summed E-state index contributed by atoms with van der Waals surface area (Å²) in [6.45, 7) is 0. The van der Waals surface area contributed by atoms with Crippen molar-refractivity contribution in [2.45, 2.75) is 6.17 Å². The van der Waals surface area contributed by atoms with Crippen molar-refractivity contribution in [3.63, 3.8) is 0 Å². The maximum absolute atomic E-state index is 12.9. The van der Waals surface area contributed by atoms with E-state index in [9.17, 15) is 19.7 Å². The van der Waals surface area contributed by atoms with Crippen LogP contribution < -0.4 is 20.1 Å². The molecule has 0 fully saturated rings. The standard InChI is InChI=1S/C23H21N3O6/c1-31-19-10-4-7-16(13-19)22(27)24-21(15-6-3-9-18(12-15)26(29)30)25-23(28)17-8-5-11-20(14-17)32-2/h3-14,21H,1-2H3,(H,24,27)(H,25,28). The molecule has 0 saturated heterocycles. The van der Waals surface area contributed by atoms with Crippen LogP contribution in [0.4, 0.5) is 5.69 Å². The summed E-state index contributed by atoms with van der Waals surface area (Å²) in [4.78, 5) is 36.4. The number of carbonyl (C=O) groups excluding carboxylic acids is 2. The quantitative estimate of drug-likeness (QED) is 0.318. The van der Waals surface area contributed by atoms with Gasteiger partial charge in [-0.1, -0.05) is 24.3 Å². The fraction of sp³-hybridized carbons (Fsp3) is 0.130. The summed E-state index contributed by atoms with van der Waals surface area (Å²) < 4.78 is 10.3. The number of nitrogens with one attached hydrogen (secondary N) is 2. The Kier molecular flexibility index (Phi) is 7.02. The Bertz CT molecular complexity index is 1090. The number of hydrogen-bond acceptors (Lipinski definition) is 6. The lowest BCUT2D eigenvalue weighted by Gasteiger charge is -2.21. The van der Waals surface area contributed by atoms with Gasteiger partial charge in [-0.25, -0.2) is 0 Å². The molecule has 0 spiro atoms. The molecule has 0 radical (unpaired) electrons. The first-order valence-electron chi connectivity index (χ1n) is 9.55. The Morgan fingerprint density at radius 2 is 1.31 bits per heavy atom. The van der Waals surface area contributed by atoms with Crippen LogP contribution in [0, 0.1) is 10.1 Å². The van der Waals surface area contributed by atoms with E-state index in [1.807, 2.05) is 0 Å². The molecule has 0 aliphatic heterocycles. The lowest BCUT2D eigenvalue weighted by atomic mass is 10.1. The van der Waals surface area contributed by atoms with Gasteiger partial charge in [-0.3, -0.25) is 19.7 Å². The van der Waals surface area contributed by atoms with Crippen molar-refractivity contribution in [3.8, 4) is 11.5 Å². The minimum Gasteiger partial charge on any atom is -0.497 e. The first-order chi connectivity index (χ1) is 15.4. The number of benzene rings is 3. The summed E-state index contributed by atoms with van der Waals surface area (Å²) in [5.41, 5.74) is 0.774. The maximum Gasteiger partial charge on any atom is 0.269 e. The maximum atomic E-state index is 12.9. The van der Waals surface area contributed by atoms with E-state index in [1.165, 1.54) is 32.4 Å². The number of nitrogens with zero attached hydrogens (tertiary/aromatic N) is 1. The highest BCUT2D eigenvalue weighted by Crippen LogP contribution is 2.20. The fourth-order valence-electron chi connectivity index (χ4n) is 2.98. The molecule has 32 heavy (non-hydrogen) atoms. The van der Waals surface area contributed by atoms with Crippen LogP contribution in [0.3, 0.4) is 0 Å². The minimum absolute atomic E-state index is 0.168. The van der Waals surface area contributed by atoms with Crippen LogP contribution in [0.25, 0.3) is 0 Å². The van der Waals surface area contributed by atoms with Crippen LogP contribution in [0.5, 0.6) is 11.5 Å². The Labute approximate surface area is 184 Å². The number of rotatable bonds is 8. The third-order valence-electron chi connectivity index (χ3n) is 4.63. The Balaban J connectivity index is 1.91. The predicted octanol–water partition coefficient (Wildman–Crippen LogP) is 3.47. The van der Waals surface area contributed by atoms with Crippen molar-refractivity contribution in [2.24, 2.45) is 0 Å². The Morgan fingerprint density at radius 1 is 0.812 bits per heavy atom. The van der Waals surface area contributed by atoms with E-state index in [0.717, 1.165) is 0 Å². The number of methoxy groups -OCH3 is 2. The first-order valence-corrected chi connectivity index (χ1v) is 9.55. The summed E-state index contributed by atoms with van der Waals surface area (Å²) in [6, 6.07) is 18.7. The van der Waals surface area contributed by atoms with E-state index in [1.54, 1.807) is 54.6 Å². The monoisotopic (exact) mass is 435 g/mol. The largest absolute Gasteiger partial charge is 0.497 e. The average Bonchev–Trinajstić information content (AvgIpc) is 2.83. The zero-order valence-electron chi connectivity index (χ0n) is 17.4. The van der Waals surface area contributed by atoms with E-state index in [2.05, 4.69) is 10.6 Å². The normalized spacial score (nSPS) is 10.3. The number of non-ortho nitro benzene ring substituents is 1. The Hall–Kier alpha value is -4.40. The van der Waals surface area contributed by atoms with Crippen molar-refractivity contribution >= 4 is 17.5 Å². The van der Waals surface area contributed by atoms with Crippen LogP contribution in [0.15, 0.2) is 72.8 Å². The number of hydrogen-bond donors (Lipinski definition) is 2. The molecule has 3 rings (SSSR count). The summed E-state index contributed by atoms with van der Waals surface area (Å²) in [7, 11) is 2.97. The number of carbonyl (C=O) groups is 2. The van der Waals surface area contributed by atoms with Crippen molar-refractivity contribution in [1.82, 2.24) is 10.6 Å². The van der Waals surface area contributed by atoms with Crippen molar-refractivity contribution in [3.05, 3.63) is 99.6 Å². The van der Waals surface area contributed by atoms with E-state index < -0.39 is 22.9 Å². The highest BCUT2D eigenvalue weighted by Gasteiger charge is 2.21. The second-order valence-corrected chi connectivity index (χ2v) is 6.70. The van der Waals surface area contributed by atoms with Gasteiger partial charge in [-0.05, 0) is 36.4 Å². The zero-order chi connectivity index (χ0) is 23.1. The van der Waals surface area contributed by atoms with E-state index in [-0.39, 0.29) is 5.69 Å². The SMILES string of the molecule is COc1cccc(C(=O)NC(NC(=O)c2cccc(OC)c2)c2cccc([N+](=O)[O-])c2)c1.